The molecule has 0 saturated heterocycles. The normalized spacial score (nSPS) is 13.0. The molecular formula is C10H9F5. The SMILES string of the molecule is Cc1ccc(C)c(C(F)(F)C(F)(F)F)c1. The lowest BCUT2D eigenvalue weighted by atomic mass is 10.00. The summed E-state index contributed by atoms with van der Waals surface area (Å²) in [5.74, 6) is -4.79. The van der Waals surface area contributed by atoms with Gasteiger partial charge in [0.05, 0.1) is 0 Å². The number of halogens is 5. The predicted octanol–water partition coefficient (Wildman–Crippen LogP) is 3.96. The maximum atomic E-state index is 13.0. The van der Waals surface area contributed by atoms with Gasteiger partial charge in [-0.2, -0.15) is 22.0 Å². The Kier molecular flexibility index (Phi) is 2.76. The zero-order valence-corrected chi connectivity index (χ0v) is 8.12. The average Bonchev–Trinajstić information content (AvgIpc) is 2.07. The summed E-state index contributed by atoms with van der Waals surface area (Å²) in [7, 11) is 0. The molecule has 1 rings (SSSR count). The highest BCUT2D eigenvalue weighted by Crippen LogP contribution is 2.45. The molecule has 0 aliphatic rings. The van der Waals surface area contributed by atoms with Crippen LogP contribution in [0.2, 0.25) is 0 Å². The van der Waals surface area contributed by atoms with Gasteiger partial charge in [-0.15, -0.1) is 0 Å². The van der Waals surface area contributed by atoms with Crippen LogP contribution in [0, 0.1) is 13.8 Å². The Labute approximate surface area is 83.7 Å². The summed E-state index contributed by atoms with van der Waals surface area (Å²) in [6.45, 7) is 2.70. The van der Waals surface area contributed by atoms with E-state index in [1.807, 2.05) is 0 Å². The van der Waals surface area contributed by atoms with Gasteiger partial charge in [0.15, 0.2) is 0 Å². The van der Waals surface area contributed by atoms with Crippen LogP contribution in [0.1, 0.15) is 16.7 Å². The fourth-order valence-electron chi connectivity index (χ4n) is 1.23. The van der Waals surface area contributed by atoms with Gasteiger partial charge in [-0.05, 0) is 25.5 Å². The van der Waals surface area contributed by atoms with Crippen molar-refractivity contribution < 1.29 is 22.0 Å². The first-order valence-corrected chi connectivity index (χ1v) is 4.18. The van der Waals surface area contributed by atoms with Crippen LogP contribution in [0.3, 0.4) is 0 Å². The van der Waals surface area contributed by atoms with Crippen molar-refractivity contribution in [2.24, 2.45) is 0 Å². The molecule has 0 unspecified atom stereocenters. The molecule has 0 spiro atoms. The summed E-state index contributed by atoms with van der Waals surface area (Å²) in [4.78, 5) is 0. The van der Waals surface area contributed by atoms with E-state index < -0.39 is 17.7 Å². The first kappa shape index (κ1) is 11.9. The van der Waals surface area contributed by atoms with Crippen LogP contribution in [-0.4, -0.2) is 6.18 Å². The Morgan fingerprint density at radius 1 is 0.933 bits per heavy atom. The van der Waals surface area contributed by atoms with Crippen LogP contribution < -0.4 is 0 Å². The highest BCUT2D eigenvalue weighted by atomic mass is 19.4. The van der Waals surface area contributed by atoms with Gasteiger partial charge in [-0.25, -0.2) is 0 Å². The van der Waals surface area contributed by atoms with E-state index in [0.29, 0.717) is 5.56 Å². The molecule has 0 radical (unpaired) electrons. The molecule has 0 fully saturated rings. The molecule has 0 nitrogen and oxygen atoms in total. The lowest BCUT2D eigenvalue weighted by molar-refractivity contribution is -0.289. The molecule has 0 N–H and O–H groups in total. The third-order valence-corrected chi connectivity index (χ3v) is 2.09. The van der Waals surface area contributed by atoms with Crippen molar-refractivity contribution in [2.45, 2.75) is 25.9 Å². The maximum absolute atomic E-state index is 13.0. The largest absolute Gasteiger partial charge is 0.458 e. The van der Waals surface area contributed by atoms with Crippen molar-refractivity contribution in [3.63, 3.8) is 0 Å². The van der Waals surface area contributed by atoms with E-state index in [0.717, 1.165) is 6.07 Å². The highest BCUT2D eigenvalue weighted by Gasteiger charge is 2.59. The number of benzene rings is 1. The third-order valence-electron chi connectivity index (χ3n) is 2.09. The van der Waals surface area contributed by atoms with Crippen molar-refractivity contribution in [3.8, 4) is 0 Å². The lowest BCUT2D eigenvalue weighted by Gasteiger charge is -2.21. The molecule has 0 heterocycles. The molecule has 84 valence electrons. The van der Waals surface area contributed by atoms with Gasteiger partial charge in [0, 0.05) is 5.56 Å². The molecule has 0 aliphatic carbocycles. The van der Waals surface area contributed by atoms with Gasteiger partial charge in [0.1, 0.15) is 0 Å². The second kappa shape index (κ2) is 3.47. The highest BCUT2D eigenvalue weighted by molar-refractivity contribution is 5.34. The monoisotopic (exact) mass is 224 g/mol. The number of hydrogen-bond acceptors (Lipinski definition) is 0. The Balaban J connectivity index is 3.32. The van der Waals surface area contributed by atoms with Gasteiger partial charge in [-0.3, -0.25) is 0 Å². The zero-order valence-electron chi connectivity index (χ0n) is 8.12. The number of rotatable bonds is 1. The molecule has 0 amide bonds. The van der Waals surface area contributed by atoms with E-state index in [1.165, 1.54) is 26.0 Å². The second-order valence-electron chi connectivity index (χ2n) is 3.39. The Morgan fingerprint density at radius 2 is 1.47 bits per heavy atom. The minimum Gasteiger partial charge on any atom is -0.191 e. The quantitative estimate of drug-likeness (QED) is 0.633. The molecule has 1 aromatic rings. The van der Waals surface area contributed by atoms with E-state index in [4.69, 9.17) is 0 Å². The van der Waals surface area contributed by atoms with Crippen molar-refractivity contribution in [1.82, 2.24) is 0 Å². The fraction of sp³-hybridized carbons (Fsp3) is 0.400. The summed E-state index contributed by atoms with van der Waals surface area (Å²) in [5, 5.41) is 0. The van der Waals surface area contributed by atoms with Crippen molar-refractivity contribution >= 4 is 0 Å². The van der Waals surface area contributed by atoms with Gasteiger partial charge in [0.2, 0.25) is 0 Å². The lowest BCUT2D eigenvalue weighted by Crippen LogP contribution is -2.34. The Bertz CT molecular complexity index is 365. The predicted molar refractivity (Wildman–Crippen MR) is 45.9 cm³/mol. The third kappa shape index (κ3) is 2.11. The number of aryl methyl sites for hydroxylation is 2. The standard InChI is InChI=1S/C10H9F5/c1-6-3-4-7(2)8(5-6)9(11,12)10(13,14)15/h3-5H,1-2H3. The smallest absolute Gasteiger partial charge is 0.191 e. The molecule has 0 bridgehead atoms. The van der Waals surface area contributed by atoms with E-state index in [1.54, 1.807) is 0 Å². The van der Waals surface area contributed by atoms with Gasteiger partial charge in [-0.1, -0.05) is 17.7 Å². The molecule has 1 aromatic carbocycles. The van der Waals surface area contributed by atoms with Crippen LogP contribution in [0.4, 0.5) is 22.0 Å². The average molecular weight is 224 g/mol. The first-order valence-electron chi connectivity index (χ1n) is 4.18. The summed E-state index contributed by atoms with van der Waals surface area (Å²) in [6, 6.07) is 3.61. The molecular weight excluding hydrogens is 215 g/mol. The number of hydrogen-bond donors (Lipinski definition) is 0. The van der Waals surface area contributed by atoms with Crippen LogP contribution in [0.5, 0.6) is 0 Å². The van der Waals surface area contributed by atoms with E-state index in [9.17, 15) is 22.0 Å². The van der Waals surface area contributed by atoms with Gasteiger partial charge >= 0.3 is 12.1 Å². The van der Waals surface area contributed by atoms with Crippen molar-refractivity contribution in [2.75, 3.05) is 0 Å². The molecule has 15 heavy (non-hydrogen) atoms. The minimum atomic E-state index is -5.55. The van der Waals surface area contributed by atoms with Crippen molar-refractivity contribution in [3.05, 3.63) is 34.9 Å². The number of alkyl halides is 5. The summed E-state index contributed by atoms with van der Waals surface area (Å²) < 4.78 is 62.2. The summed E-state index contributed by atoms with van der Waals surface area (Å²) in [5.41, 5.74) is -0.669. The van der Waals surface area contributed by atoms with Gasteiger partial charge < -0.3 is 0 Å². The van der Waals surface area contributed by atoms with Crippen molar-refractivity contribution in [1.29, 1.82) is 0 Å². The van der Waals surface area contributed by atoms with E-state index >= 15 is 0 Å². The van der Waals surface area contributed by atoms with Crippen LogP contribution in [0.25, 0.3) is 0 Å². The van der Waals surface area contributed by atoms with Gasteiger partial charge in [0.25, 0.3) is 0 Å². The maximum Gasteiger partial charge on any atom is 0.458 e. The van der Waals surface area contributed by atoms with E-state index in [2.05, 4.69) is 0 Å². The first-order chi connectivity index (χ1) is 6.66. The summed E-state index contributed by atoms with van der Waals surface area (Å²) >= 11 is 0. The van der Waals surface area contributed by atoms with E-state index in [-0.39, 0.29) is 5.56 Å². The Morgan fingerprint density at radius 3 is 1.93 bits per heavy atom. The molecule has 0 saturated carbocycles. The summed E-state index contributed by atoms with van der Waals surface area (Å²) in [6.07, 6.45) is -5.55. The molecule has 0 aliphatic heterocycles. The fourth-order valence-corrected chi connectivity index (χ4v) is 1.23. The van der Waals surface area contributed by atoms with Crippen LogP contribution in [-0.2, 0) is 5.92 Å². The second-order valence-corrected chi connectivity index (χ2v) is 3.39. The van der Waals surface area contributed by atoms with Crippen LogP contribution in [0.15, 0.2) is 18.2 Å². The zero-order chi connectivity index (χ0) is 11.9. The topological polar surface area (TPSA) is 0 Å². The molecule has 0 atom stereocenters. The molecule has 5 heteroatoms. The molecule has 0 aromatic heterocycles. The minimum absolute atomic E-state index is 0.0667. The Hall–Kier alpha value is -1.13. The van der Waals surface area contributed by atoms with Crippen LogP contribution >= 0.6 is 0 Å².